The van der Waals surface area contributed by atoms with Gasteiger partial charge in [-0.25, -0.2) is 0 Å². The molecule has 35 heavy (non-hydrogen) atoms. The maximum absolute atomic E-state index is 13.3. The van der Waals surface area contributed by atoms with Crippen LogP contribution in [0.5, 0.6) is 11.5 Å². The Morgan fingerprint density at radius 1 is 1.09 bits per heavy atom. The van der Waals surface area contributed by atoms with Crippen molar-refractivity contribution >= 4 is 29.0 Å². The lowest BCUT2D eigenvalue weighted by atomic mass is 9.83. The molecule has 0 bridgehead atoms. The van der Waals surface area contributed by atoms with E-state index in [9.17, 15) is 22.8 Å². The van der Waals surface area contributed by atoms with Gasteiger partial charge in [-0.3, -0.25) is 14.9 Å². The fraction of sp³-hybridized carbons (Fsp3) is 0.200. The van der Waals surface area contributed by atoms with Crippen LogP contribution < -0.4 is 14.8 Å². The van der Waals surface area contributed by atoms with Crippen LogP contribution in [-0.2, 0) is 10.2 Å². The second-order valence-corrected chi connectivity index (χ2v) is 9.76. The molecule has 0 atom stereocenters. The van der Waals surface area contributed by atoms with Crippen LogP contribution in [0.2, 0.25) is 0 Å². The zero-order chi connectivity index (χ0) is 25.0. The summed E-state index contributed by atoms with van der Waals surface area (Å²) >= 11 is 0.720. The number of carbonyl (C=O) groups is 2. The number of benzene rings is 2. The van der Waals surface area contributed by atoms with E-state index in [1.54, 1.807) is 18.4 Å². The summed E-state index contributed by atoms with van der Waals surface area (Å²) in [7, 11) is 0. The maximum atomic E-state index is 13.3. The predicted octanol–water partition coefficient (Wildman–Crippen LogP) is 6.51. The molecular weight excluding hydrogens is 483 g/mol. The van der Waals surface area contributed by atoms with E-state index in [4.69, 9.17) is 9.15 Å². The number of amides is 2. The molecule has 0 saturated carbocycles. The van der Waals surface area contributed by atoms with Gasteiger partial charge in [-0.2, -0.15) is 0 Å². The Morgan fingerprint density at radius 3 is 2.54 bits per heavy atom. The van der Waals surface area contributed by atoms with E-state index >= 15 is 0 Å². The van der Waals surface area contributed by atoms with Gasteiger partial charge >= 0.3 is 6.36 Å². The Labute approximate surface area is 202 Å². The molecule has 10 heteroatoms. The van der Waals surface area contributed by atoms with E-state index < -0.39 is 23.3 Å². The van der Waals surface area contributed by atoms with Crippen molar-refractivity contribution in [1.82, 2.24) is 5.32 Å². The fourth-order valence-electron chi connectivity index (χ4n) is 4.05. The number of alkyl halides is 3. The molecule has 0 aliphatic carbocycles. The lowest BCUT2D eigenvalue weighted by molar-refractivity contribution is -0.274. The van der Waals surface area contributed by atoms with Gasteiger partial charge < -0.3 is 13.9 Å². The van der Waals surface area contributed by atoms with Gasteiger partial charge in [0.05, 0.1) is 24.0 Å². The minimum atomic E-state index is -4.92. The van der Waals surface area contributed by atoms with E-state index in [1.807, 2.05) is 19.9 Å². The number of imide groups is 1. The highest BCUT2D eigenvalue weighted by molar-refractivity contribution is 8.18. The first kappa shape index (κ1) is 23.1. The first-order chi connectivity index (χ1) is 16.5. The van der Waals surface area contributed by atoms with Crippen LogP contribution in [0.15, 0.2) is 58.2 Å². The third-order valence-corrected chi connectivity index (χ3v) is 6.52. The zero-order valence-corrected chi connectivity index (χ0v) is 19.3. The van der Waals surface area contributed by atoms with Gasteiger partial charge in [-0.15, -0.1) is 13.2 Å². The quantitative estimate of drug-likeness (QED) is 0.411. The molecule has 2 aliphatic heterocycles. The highest BCUT2D eigenvalue weighted by Gasteiger charge is 2.37. The Morgan fingerprint density at radius 2 is 1.89 bits per heavy atom. The molecule has 6 nitrogen and oxygen atoms in total. The van der Waals surface area contributed by atoms with Gasteiger partial charge in [0.15, 0.2) is 0 Å². The zero-order valence-electron chi connectivity index (χ0n) is 18.5. The lowest BCUT2D eigenvalue weighted by Gasteiger charge is -2.19. The number of fused-ring (bicyclic) bond motifs is 1. The van der Waals surface area contributed by atoms with E-state index in [-0.39, 0.29) is 15.9 Å². The minimum Gasteiger partial charge on any atom is -0.492 e. The predicted molar refractivity (Wildman–Crippen MR) is 124 cm³/mol. The van der Waals surface area contributed by atoms with Crippen molar-refractivity contribution in [3.63, 3.8) is 0 Å². The Hall–Kier alpha value is -3.66. The summed E-state index contributed by atoms with van der Waals surface area (Å²) in [6.45, 7) is 4.33. The summed E-state index contributed by atoms with van der Waals surface area (Å²) in [6, 6.07) is 9.48. The van der Waals surface area contributed by atoms with Crippen molar-refractivity contribution in [3.8, 4) is 33.8 Å². The highest BCUT2D eigenvalue weighted by Crippen LogP contribution is 2.49. The number of hydrogen-bond donors (Lipinski definition) is 1. The third kappa shape index (κ3) is 4.53. The second-order valence-electron chi connectivity index (χ2n) is 8.74. The SMILES string of the molecule is CC1(C)COc2c(-c3cc(/C=C4\SC(=O)NC4=O)ccc3OC(F)(F)F)cc(-c3ccoc3)cc21. The monoisotopic (exact) mass is 501 g/mol. The number of carbonyl (C=O) groups excluding carboxylic acids is 2. The Bertz CT molecular complexity index is 1380. The fourth-order valence-corrected chi connectivity index (χ4v) is 4.73. The van der Waals surface area contributed by atoms with Gasteiger partial charge in [-0.05, 0) is 59.3 Å². The van der Waals surface area contributed by atoms with Gasteiger partial charge in [0.1, 0.15) is 11.5 Å². The summed E-state index contributed by atoms with van der Waals surface area (Å²) in [4.78, 5) is 23.6. The molecule has 2 amide bonds. The van der Waals surface area contributed by atoms with Gasteiger partial charge in [0.25, 0.3) is 11.1 Å². The van der Waals surface area contributed by atoms with E-state index in [0.717, 1.165) is 28.5 Å². The average molecular weight is 501 g/mol. The first-order valence-corrected chi connectivity index (χ1v) is 11.3. The normalized spacial score (nSPS) is 17.9. The average Bonchev–Trinajstić information content (AvgIpc) is 3.48. The number of thioether (sulfide) groups is 1. The molecule has 1 N–H and O–H groups in total. The smallest absolute Gasteiger partial charge is 0.492 e. The van der Waals surface area contributed by atoms with Crippen molar-refractivity contribution in [3.05, 3.63) is 65.0 Å². The van der Waals surface area contributed by atoms with Crippen LogP contribution in [-0.4, -0.2) is 24.1 Å². The summed E-state index contributed by atoms with van der Waals surface area (Å²) in [6.07, 6.45) is -0.416. The molecule has 0 spiro atoms. The van der Waals surface area contributed by atoms with Crippen LogP contribution in [0.3, 0.4) is 0 Å². The van der Waals surface area contributed by atoms with E-state index in [0.29, 0.717) is 23.5 Å². The molecule has 2 aromatic carbocycles. The second kappa shape index (κ2) is 8.23. The summed E-state index contributed by atoms with van der Waals surface area (Å²) in [5.74, 6) is -0.522. The molecule has 1 saturated heterocycles. The number of rotatable bonds is 4. The molecule has 0 radical (unpaired) electrons. The van der Waals surface area contributed by atoms with Crippen molar-refractivity contribution in [2.45, 2.75) is 25.6 Å². The number of nitrogens with one attached hydrogen (secondary N) is 1. The lowest BCUT2D eigenvalue weighted by Crippen LogP contribution is -2.18. The van der Waals surface area contributed by atoms with Crippen LogP contribution in [0.1, 0.15) is 25.0 Å². The van der Waals surface area contributed by atoms with Gasteiger partial charge in [0.2, 0.25) is 0 Å². The summed E-state index contributed by atoms with van der Waals surface area (Å²) in [5, 5.41) is 1.64. The molecule has 180 valence electrons. The molecule has 0 unspecified atom stereocenters. The number of hydrogen-bond acceptors (Lipinski definition) is 6. The van der Waals surface area contributed by atoms with E-state index in [2.05, 4.69) is 10.1 Å². The molecule has 1 fully saturated rings. The van der Waals surface area contributed by atoms with E-state index in [1.165, 1.54) is 30.5 Å². The Kier molecular flexibility index (Phi) is 5.43. The van der Waals surface area contributed by atoms with Crippen LogP contribution in [0.25, 0.3) is 28.3 Å². The molecule has 3 heterocycles. The molecule has 5 rings (SSSR count). The van der Waals surface area contributed by atoms with Crippen molar-refractivity contribution in [1.29, 1.82) is 0 Å². The highest BCUT2D eigenvalue weighted by atomic mass is 32.2. The summed E-state index contributed by atoms with van der Waals surface area (Å²) in [5.41, 5.74) is 2.91. The molecular formula is C25H18F3NO5S. The largest absolute Gasteiger partial charge is 0.573 e. The topological polar surface area (TPSA) is 77.8 Å². The van der Waals surface area contributed by atoms with Crippen LogP contribution in [0, 0.1) is 0 Å². The van der Waals surface area contributed by atoms with Gasteiger partial charge in [-0.1, -0.05) is 19.9 Å². The van der Waals surface area contributed by atoms with Crippen LogP contribution in [0.4, 0.5) is 18.0 Å². The molecule has 3 aromatic rings. The van der Waals surface area contributed by atoms with Crippen LogP contribution >= 0.6 is 11.8 Å². The molecule has 2 aliphatic rings. The maximum Gasteiger partial charge on any atom is 0.573 e. The first-order valence-electron chi connectivity index (χ1n) is 10.5. The number of halogens is 3. The minimum absolute atomic E-state index is 0.130. The molecule has 1 aromatic heterocycles. The number of furan rings is 1. The number of ether oxygens (including phenoxy) is 2. The summed E-state index contributed by atoms with van der Waals surface area (Å²) < 4.78 is 55.4. The Balaban J connectivity index is 1.72. The van der Waals surface area contributed by atoms with Crippen molar-refractivity contribution < 1.29 is 36.7 Å². The van der Waals surface area contributed by atoms with Crippen molar-refractivity contribution in [2.75, 3.05) is 6.61 Å². The van der Waals surface area contributed by atoms with Gasteiger partial charge in [0, 0.05) is 27.7 Å². The standard InChI is InChI=1S/C25H18F3NO5S/c1-24(2)12-33-21-17(9-15(10-18(21)24)14-5-6-32-11-14)16-7-13(3-4-19(16)34-25(26,27)28)8-20-22(30)29-23(31)35-20/h3-11H,12H2,1-2H3,(H,29,30,31)/b20-8-. The van der Waals surface area contributed by atoms with Crippen molar-refractivity contribution in [2.24, 2.45) is 0 Å². The third-order valence-electron chi connectivity index (χ3n) is 5.71.